The number of methoxy groups -OCH3 is 1. The van der Waals surface area contributed by atoms with Gasteiger partial charge in [0.15, 0.2) is 0 Å². The predicted octanol–water partition coefficient (Wildman–Crippen LogP) is 3.56. The Balaban J connectivity index is 1.16. The van der Waals surface area contributed by atoms with E-state index in [1.807, 2.05) is 54.6 Å². The van der Waals surface area contributed by atoms with Crippen LogP contribution < -0.4 is 15.4 Å². The van der Waals surface area contributed by atoms with Crippen molar-refractivity contribution in [2.24, 2.45) is 0 Å². The molecule has 5 aromatic rings. The molecule has 0 saturated heterocycles. The number of carbonyl (C=O) groups is 2. The Bertz CT molecular complexity index is 1640. The van der Waals surface area contributed by atoms with E-state index in [0.717, 1.165) is 27.8 Å². The number of nitrogens with zero attached hydrogens (tertiary/aromatic N) is 4. The number of aryl methyl sites for hydroxylation is 1. The van der Waals surface area contributed by atoms with Crippen molar-refractivity contribution in [3.05, 3.63) is 77.9 Å². The average molecular weight is 513 g/mol. The average Bonchev–Trinajstić information content (AvgIpc) is 3.27. The van der Waals surface area contributed by atoms with E-state index in [2.05, 4.69) is 30.5 Å². The van der Waals surface area contributed by atoms with E-state index in [4.69, 9.17) is 13.8 Å². The first-order valence-corrected chi connectivity index (χ1v) is 12.1. The molecule has 1 aliphatic carbocycles. The molecular formula is C27H24N6O5. The molecule has 1 aliphatic rings. The van der Waals surface area contributed by atoms with Crippen molar-refractivity contribution < 1.29 is 23.4 Å². The summed E-state index contributed by atoms with van der Waals surface area (Å²) in [6, 6.07) is 19.3. The van der Waals surface area contributed by atoms with Crippen molar-refractivity contribution in [3.63, 3.8) is 0 Å². The van der Waals surface area contributed by atoms with Gasteiger partial charge in [-0.2, -0.15) is 4.98 Å². The van der Waals surface area contributed by atoms with Crippen molar-refractivity contribution >= 4 is 22.7 Å². The van der Waals surface area contributed by atoms with E-state index in [1.54, 1.807) is 6.92 Å². The molecule has 2 amide bonds. The molecule has 38 heavy (non-hydrogen) atoms. The zero-order chi connectivity index (χ0) is 26.3. The number of hydrogen-bond acceptors (Lipinski definition) is 8. The molecule has 2 aromatic carbocycles. The minimum absolute atomic E-state index is 0.00981. The topological polar surface area (TPSA) is 137 Å². The predicted molar refractivity (Wildman–Crippen MR) is 136 cm³/mol. The van der Waals surface area contributed by atoms with Crippen LogP contribution in [0.15, 0.2) is 69.7 Å². The summed E-state index contributed by atoms with van der Waals surface area (Å²) in [5.41, 5.74) is 2.73. The van der Waals surface area contributed by atoms with Gasteiger partial charge in [-0.25, -0.2) is 0 Å². The maximum absolute atomic E-state index is 12.9. The second-order valence-corrected chi connectivity index (χ2v) is 9.18. The Labute approximate surface area is 216 Å². The molecule has 3 heterocycles. The highest BCUT2D eigenvalue weighted by atomic mass is 16.5. The van der Waals surface area contributed by atoms with Gasteiger partial charge in [-0.15, -0.1) is 0 Å². The fourth-order valence-corrected chi connectivity index (χ4v) is 4.39. The highest BCUT2D eigenvalue weighted by Gasteiger charge is 2.51. The minimum Gasteiger partial charge on any atom is -0.479 e. The number of nitrogens with one attached hydrogen (secondary N) is 2. The second kappa shape index (κ2) is 9.18. The molecular weight excluding hydrogens is 488 g/mol. The van der Waals surface area contributed by atoms with Gasteiger partial charge in [0.1, 0.15) is 5.54 Å². The van der Waals surface area contributed by atoms with Gasteiger partial charge >= 0.3 is 0 Å². The minimum atomic E-state index is -0.946. The Morgan fingerprint density at radius 3 is 2.53 bits per heavy atom. The van der Waals surface area contributed by atoms with Crippen LogP contribution in [-0.4, -0.2) is 44.3 Å². The molecule has 1 fully saturated rings. The molecule has 1 saturated carbocycles. The highest BCUT2D eigenvalue weighted by Crippen LogP contribution is 2.36. The van der Waals surface area contributed by atoms with Gasteiger partial charge in [0.2, 0.25) is 23.4 Å². The number of para-hydroxylation sites is 1. The van der Waals surface area contributed by atoms with E-state index in [0.29, 0.717) is 31.1 Å². The zero-order valence-electron chi connectivity index (χ0n) is 20.7. The van der Waals surface area contributed by atoms with Crippen molar-refractivity contribution in [1.29, 1.82) is 0 Å². The molecule has 11 heteroatoms. The van der Waals surface area contributed by atoms with Crippen LogP contribution in [0.4, 0.5) is 0 Å². The number of amides is 2. The number of carbonyl (C=O) groups excluding carboxylic acids is 2. The lowest BCUT2D eigenvalue weighted by molar-refractivity contribution is -0.124. The van der Waals surface area contributed by atoms with E-state index >= 15 is 0 Å². The molecule has 0 atom stereocenters. The van der Waals surface area contributed by atoms with Gasteiger partial charge in [-0.3, -0.25) is 9.59 Å². The summed E-state index contributed by atoms with van der Waals surface area (Å²) in [5.74, 6) is 0.435. The van der Waals surface area contributed by atoms with Crippen molar-refractivity contribution in [2.45, 2.75) is 31.8 Å². The summed E-state index contributed by atoms with van der Waals surface area (Å²) in [5, 5.41) is 14.5. The van der Waals surface area contributed by atoms with Crippen LogP contribution in [0, 0.1) is 6.92 Å². The van der Waals surface area contributed by atoms with Gasteiger partial charge < -0.3 is 29.0 Å². The Morgan fingerprint density at radius 2 is 1.84 bits per heavy atom. The first kappa shape index (κ1) is 23.5. The zero-order valence-corrected chi connectivity index (χ0v) is 20.7. The number of fused-ring (bicyclic) bond motifs is 1. The standard InChI is InChI=1S/C27H24N6O5/c1-16-29-24(32-37-16)21-13-18-5-3-4-6-20(18)33(21)19-9-7-17(8-10-19)15-28-26(35)27(11-12-27)30-25(34)22-14-23(36-2)31-38-22/h3-10,13-14H,11-12,15H2,1-2H3,(H,28,35)(H,30,34). The summed E-state index contributed by atoms with van der Waals surface area (Å²) in [6.07, 6.45) is 1.10. The number of ether oxygens (including phenoxy) is 1. The lowest BCUT2D eigenvalue weighted by atomic mass is 10.1. The van der Waals surface area contributed by atoms with Crippen LogP contribution in [0.3, 0.4) is 0 Å². The lowest BCUT2D eigenvalue weighted by Gasteiger charge is -2.16. The van der Waals surface area contributed by atoms with E-state index in [-0.39, 0.29) is 17.5 Å². The molecule has 11 nitrogen and oxygen atoms in total. The van der Waals surface area contributed by atoms with Gasteiger partial charge in [-0.05, 0) is 47.8 Å². The summed E-state index contributed by atoms with van der Waals surface area (Å²) >= 11 is 0. The van der Waals surface area contributed by atoms with Crippen LogP contribution in [0.2, 0.25) is 0 Å². The highest BCUT2D eigenvalue weighted by molar-refractivity contribution is 5.99. The number of benzene rings is 2. The smallest absolute Gasteiger partial charge is 0.290 e. The van der Waals surface area contributed by atoms with Gasteiger partial charge in [-0.1, -0.05) is 35.5 Å². The summed E-state index contributed by atoms with van der Waals surface area (Å²) in [4.78, 5) is 29.8. The van der Waals surface area contributed by atoms with Crippen molar-refractivity contribution in [3.8, 4) is 23.1 Å². The van der Waals surface area contributed by atoms with E-state index < -0.39 is 11.4 Å². The quantitative estimate of drug-likeness (QED) is 0.322. The maximum atomic E-state index is 12.9. The second-order valence-electron chi connectivity index (χ2n) is 9.18. The molecule has 0 radical (unpaired) electrons. The molecule has 3 aromatic heterocycles. The first-order valence-electron chi connectivity index (χ1n) is 12.1. The fraction of sp³-hybridized carbons (Fsp3) is 0.222. The van der Waals surface area contributed by atoms with Crippen LogP contribution >= 0.6 is 0 Å². The third-order valence-corrected chi connectivity index (χ3v) is 6.57. The van der Waals surface area contributed by atoms with Crippen LogP contribution in [0.25, 0.3) is 28.1 Å². The largest absolute Gasteiger partial charge is 0.479 e. The molecule has 0 spiro atoms. The van der Waals surface area contributed by atoms with Gasteiger partial charge in [0, 0.05) is 24.5 Å². The number of rotatable bonds is 8. The summed E-state index contributed by atoms with van der Waals surface area (Å²) in [6.45, 7) is 2.07. The third-order valence-electron chi connectivity index (χ3n) is 6.57. The molecule has 2 N–H and O–H groups in total. The fourth-order valence-electron chi connectivity index (χ4n) is 4.39. The van der Waals surface area contributed by atoms with Crippen molar-refractivity contribution in [1.82, 2.24) is 30.5 Å². The molecule has 6 rings (SSSR count). The molecule has 0 bridgehead atoms. The third kappa shape index (κ3) is 4.27. The van der Waals surface area contributed by atoms with Gasteiger partial charge in [0.25, 0.3) is 11.8 Å². The number of hydrogen-bond donors (Lipinski definition) is 2. The van der Waals surface area contributed by atoms with E-state index in [1.165, 1.54) is 13.2 Å². The Kier molecular flexibility index (Phi) is 5.67. The monoisotopic (exact) mass is 512 g/mol. The van der Waals surface area contributed by atoms with E-state index in [9.17, 15) is 9.59 Å². The lowest BCUT2D eigenvalue weighted by Crippen LogP contribution is -2.48. The van der Waals surface area contributed by atoms with Crippen LogP contribution in [-0.2, 0) is 11.3 Å². The van der Waals surface area contributed by atoms with Gasteiger partial charge in [0.05, 0.1) is 24.4 Å². The Morgan fingerprint density at radius 1 is 1.05 bits per heavy atom. The maximum Gasteiger partial charge on any atom is 0.290 e. The first-order chi connectivity index (χ1) is 18.5. The normalized spacial score (nSPS) is 13.8. The Hall–Kier alpha value is -4.93. The van der Waals surface area contributed by atoms with Crippen LogP contribution in [0.5, 0.6) is 5.88 Å². The molecule has 192 valence electrons. The summed E-state index contributed by atoms with van der Waals surface area (Å²) in [7, 11) is 1.43. The van der Waals surface area contributed by atoms with Crippen LogP contribution in [0.1, 0.15) is 34.9 Å². The molecule has 0 unspecified atom stereocenters. The SMILES string of the molecule is COc1cc(C(=O)NC2(C(=O)NCc3ccc(-n4c(-c5noc(C)n5)cc5ccccc54)cc3)CC2)on1. The van der Waals surface area contributed by atoms with Crippen molar-refractivity contribution in [2.75, 3.05) is 7.11 Å². The summed E-state index contributed by atoms with van der Waals surface area (Å²) < 4.78 is 17.2. The molecule has 0 aliphatic heterocycles. The number of aromatic nitrogens is 4.